The smallest absolute Gasteiger partial charge is 0.328 e. The number of aliphatic carboxylic acids is 1. The van der Waals surface area contributed by atoms with E-state index in [4.69, 9.17) is 14.6 Å². The van der Waals surface area contributed by atoms with Crippen molar-refractivity contribution in [2.24, 2.45) is 5.92 Å². The SMILES string of the molecule is C=CCCCCCCOC1CCC(C(=O)Oc2ccc(C=CC(=O)O)cc2)CC1. The van der Waals surface area contributed by atoms with Crippen LogP contribution in [0.1, 0.15) is 63.4 Å². The van der Waals surface area contributed by atoms with Gasteiger partial charge in [-0.2, -0.15) is 0 Å². The third kappa shape index (κ3) is 9.09. The lowest BCUT2D eigenvalue weighted by atomic mass is 9.87. The third-order valence-electron chi connectivity index (χ3n) is 5.18. The first-order valence-corrected chi connectivity index (χ1v) is 10.5. The van der Waals surface area contributed by atoms with Crippen LogP contribution < -0.4 is 4.74 Å². The normalized spacial score (nSPS) is 19.2. The van der Waals surface area contributed by atoms with E-state index in [9.17, 15) is 9.59 Å². The van der Waals surface area contributed by atoms with Crippen LogP contribution in [0.5, 0.6) is 5.75 Å². The van der Waals surface area contributed by atoms with E-state index >= 15 is 0 Å². The number of carbonyl (C=O) groups is 2. The Kier molecular flexibility index (Phi) is 10.2. The average Bonchev–Trinajstić information content (AvgIpc) is 2.73. The molecule has 0 aliphatic heterocycles. The number of unbranched alkanes of at least 4 members (excludes halogenated alkanes) is 4. The molecule has 1 N–H and O–H groups in total. The number of carboxylic acids is 1. The van der Waals surface area contributed by atoms with Crippen molar-refractivity contribution in [2.45, 2.75) is 63.9 Å². The third-order valence-corrected chi connectivity index (χ3v) is 5.18. The van der Waals surface area contributed by atoms with Gasteiger partial charge in [0.15, 0.2) is 0 Å². The number of ether oxygens (including phenoxy) is 2. The second kappa shape index (κ2) is 12.9. The van der Waals surface area contributed by atoms with E-state index in [0.29, 0.717) is 5.75 Å². The van der Waals surface area contributed by atoms with Gasteiger partial charge in [0.2, 0.25) is 0 Å². The molecule has 1 aliphatic carbocycles. The summed E-state index contributed by atoms with van der Waals surface area (Å²) < 4.78 is 11.5. The van der Waals surface area contributed by atoms with Crippen LogP contribution in [-0.4, -0.2) is 29.8 Å². The molecule has 5 heteroatoms. The Hall–Kier alpha value is -2.40. The maximum atomic E-state index is 12.4. The molecule has 2 rings (SSSR count). The van der Waals surface area contributed by atoms with Gasteiger partial charge in [-0.1, -0.05) is 31.1 Å². The minimum atomic E-state index is -0.997. The van der Waals surface area contributed by atoms with Crippen LogP contribution in [0.2, 0.25) is 0 Å². The summed E-state index contributed by atoms with van der Waals surface area (Å²) >= 11 is 0. The van der Waals surface area contributed by atoms with Gasteiger partial charge >= 0.3 is 11.9 Å². The van der Waals surface area contributed by atoms with Crippen molar-refractivity contribution in [1.82, 2.24) is 0 Å². The molecule has 5 nitrogen and oxygen atoms in total. The maximum absolute atomic E-state index is 12.4. The number of rotatable bonds is 12. The van der Waals surface area contributed by atoms with Gasteiger partial charge < -0.3 is 14.6 Å². The lowest BCUT2D eigenvalue weighted by Crippen LogP contribution is -2.29. The summed E-state index contributed by atoms with van der Waals surface area (Å²) in [4.78, 5) is 22.9. The molecule has 0 spiro atoms. The number of esters is 1. The van der Waals surface area contributed by atoms with Gasteiger partial charge in [0, 0.05) is 12.7 Å². The van der Waals surface area contributed by atoms with E-state index in [1.54, 1.807) is 24.3 Å². The number of hydrogen-bond acceptors (Lipinski definition) is 4. The quantitative estimate of drug-likeness (QED) is 0.167. The van der Waals surface area contributed by atoms with E-state index in [2.05, 4.69) is 6.58 Å². The molecule has 29 heavy (non-hydrogen) atoms. The Labute approximate surface area is 173 Å². The zero-order valence-corrected chi connectivity index (χ0v) is 17.1. The van der Waals surface area contributed by atoms with Crippen LogP contribution in [0.25, 0.3) is 6.08 Å². The van der Waals surface area contributed by atoms with Gasteiger partial charge in [-0.05, 0) is 68.7 Å². The standard InChI is InChI=1S/C24H32O5/c1-2-3-4-5-6-7-18-28-21-15-11-20(12-16-21)24(27)29-22-13-8-19(9-14-22)10-17-23(25)26/h2,8-10,13-14,17,20-21H,1,3-7,11-12,15-16,18H2,(H,25,26). The van der Waals surface area contributed by atoms with E-state index in [1.807, 2.05) is 6.08 Å². The first-order valence-electron chi connectivity index (χ1n) is 10.5. The highest BCUT2D eigenvalue weighted by molar-refractivity contribution is 5.85. The van der Waals surface area contributed by atoms with E-state index < -0.39 is 5.97 Å². The highest BCUT2D eigenvalue weighted by atomic mass is 16.5. The molecule has 1 aliphatic rings. The van der Waals surface area contributed by atoms with Crippen molar-refractivity contribution < 1.29 is 24.2 Å². The summed E-state index contributed by atoms with van der Waals surface area (Å²) in [5, 5.41) is 8.64. The van der Waals surface area contributed by atoms with Gasteiger partial charge in [-0.15, -0.1) is 6.58 Å². The zero-order chi connectivity index (χ0) is 20.9. The van der Waals surface area contributed by atoms with Crippen molar-refractivity contribution in [3.63, 3.8) is 0 Å². The highest BCUT2D eigenvalue weighted by Crippen LogP contribution is 2.28. The maximum Gasteiger partial charge on any atom is 0.328 e. The minimum absolute atomic E-state index is 0.0830. The number of carboxylic acid groups (broad SMARTS) is 1. The fraction of sp³-hybridized carbons (Fsp3) is 0.500. The van der Waals surface area contributed by atoms with Gasteiger partial charge in [0.1, 0.15) is 5.75 Å². The number of allylic oxidation sites excluding steroid dienone is 1. The van der Waals surface area contributed by atoms with Crippen molar-refractivity contribution in [2.75, 3.05) is 6.61 Å². The number of benzene rings is 1. The summed E-state index contributed by atoms with van der Waals surface area (Å²) in [5.74, 6) is -0.791. The molecule has 0 amide bonds. The van der Waals surface area contributed by atoms with Crippen LogP contribution in [0, 0.1) is 5.92 Å². The topological polar surface area (TPSA) is 72.8 Å². The average molecular weight is 401 g/mol. The molecule has 0 aromatic heterocycles. The fourth-order valence-electron chi connectivity index (χ4n) is 3.47. The predicted molar refractivity (Wildman–Crippen MR) is 114 cm³/mol. The molecule has 0 radical (unpaired) electrons. The molecule has 0 unspecified atom stereocenters. The summed E-state index contributed by atoms with van der Waals surface area (Å²) in [6.45, 7) is 4.54. The Morgan fingerprint density at radius 1 is 1.03 bits per heavy atom. The van der Waals surface area contributed by atoms with Crippen molar-refractivity contribution >= 4 is 18.0 Å². The van der Waals surface area contributed by atoms with Crippen molar-refractivity contribution in [3.05, 3.63) is 48.6 Å². The molecule has 158 valence electrons. The Bertz CT molecular complexity index is 669. The lowest BCUT2D eigenvalue weighted by Gasteiger charge is -2.27. The first kappa shape index (κ1) is 22.9. The molecule has 1 fully saturated rings. The van der Waals surface area contributed by atoms with Gasteiger partial charge in [0.25, 0.3) is 0 Å². The molecule has 0 saturated heterocycles. The second-order valence-corrected chi connectivity index (χ2v) is 7.50. The minimum Gasteiger partial charge on any atom is -0.478 e. The highest BCUT2D eigenvalue weighted by Gasteiger charge is 2.28. The van der Waals surface area contributed by atoms with E-state index in [-0.39, 0.29) is 18.0 Å². The van der Waals surface area contributed by atoms with E-state index in [0.717, 1.165) is 56.8 Å². The van der Waals surface area contributed by atoms with Crippen molar-refractivity contribution in [1.29, 1.82) is 0 Å². The summed E-state index contributed by atoms with van der Waals surface area (Å²) in [6, 6.07) is 6.82. The van der Waals surface area contributed by atoms with Crippen LogP contribution in [0.15, 0.2) is 43.0 Å². The van der Waals surface area contributed by atoms with Gasteiger partial charge in [-0.25, -0.2) is 4.79 Å². The fourth-order valence-corrected chi connectivity index (χ4v) is 3.47. The molecule has 1 aromatic rings. The Morgan fingerprint density at radius 3 is 2.38 bits per heavy atom. The van der Waals surface area contributed by atoms with Gasteiger partial charge in [0.05, 0.1) is 12.0 Å². The molecule has 0 heterocycles. The van der Waals surface area contributed by atoms with Crippen LogP contribution in [0.3, 0.4) is 0 Å². The molecule has 1 saturated carbocycles. The number of carbonyl (C=O) groups excluding carboxylic acids is 1. The van der Waals surface area contributed by atoms with Crippen LogP contribution in [-0.2, 0) is 14.3 Å². The largest absolute Gasteiger partial charge is 0.478 e. The van der Waals surface area contributed by atoms with Crippen molar-refractivity contribution in [3.8, 4) is 5.75 Å². The van der Waals surface area contributed by atoms with Crippen LogP contribution >= 0.6 is 0 Å². The lowest BCUT2D eigenvalue weighted by molar-refractivity contribution is -0.141. The molecule has 0 bridgehead atoms. The monoisotopic (exact) mass is 400 g/mol. The molecule has 1 aromatic carbocycles. The first-order chi connectivity index (χ1) is 14.1. The molecule has 0 atom stereocenters. The molecular weight excluding hydrogens is 368 g/mol. The Morgan fingerprint density at radius 2 is 1.72 bits per heavy atom. The summed E-state index contributed by atoms with van der Waals surface area (Å²) in [5.41, 5.74) is 0.741. The Balaban J connectivity index is 1.64. The predicted octanol–water partition coefficient (Wildman–Crippen LogP) is 5.40. The second-order valence-electron chi connectivity index (χ2n) is 7.50. The summed E-state index contributed by atoms with van der Waals surface area (Å²) in [7, 11) is 0. The van der Waals surface area contributed by atoms with Gasteiger partial charge in [-0.3, -0.25) is 4.79 Å². The summed E-state index contributed by atoms with van der Waals surface area (Å²) in [6.07, 6.45) is 14.0. The molecular formula is C24H32O5. The van der Waals surface area contributed by atoms with E-state index in [1.165, 1.54) is 25.3 Å². The van der Waals surface area contributed by atoms with Crippen LogP contribution in [0.4, 0.5) is 0 Å². The number of hydrogen-bond donors (Lipinski definition) is 1. The zero-order valence-electron chi connectivity index (χ0n) is 17.1.